The van der Waals surface area contributed by atoms with Crippen LogP contribution in [-0.2, 0) is 0 Å². The van der Waals surface area contributed by atoms with Crippen molar-refractivity contribution in [2.45, 2.75) is 0 Å². The summed E-state index contributed by atoms with van der Waals surface area (Å²) in [6, 6.07) is 75.4. The maximum Gasteiger partial charge on any atom is 0.238 e. The van der Waals surface area contributed by atoms with Gasteiger partial charge in [0.05, 0.1) is 31.5 Å². The number of fused-ring (bicyclic) bond motifs is 11. The predicted molar refractivity (Wildman–Crippen MR) is 263 cm³/mol. The van der Waals surface area contributed by atoms with E-state index in [1.54, 1.807) is 0 Å². The van der Waals surface area contributed by atoms with E-state index in [-0.39, 0.29) is 0 Å². The molecule has 0 saturated carbocycles. The Morgan fingerprint density at radius 3 is 1.21 bits per heavy atom. The molecule has 0 fully saturated rings. The van der Waals surface area contributed by atoms with E-state index in [0.29, 0.717) is 17.6 Å². The largest absolute Gasteiger partial charge is 0.308 e. The molecule has 5 nitrogen and oxygen atoms in total. The first-order valence-electron chi connectivity index (χ1n) is 21.2. The third kappa shape index (κ3) is 5.66. The standard InChI is InChI=1S/C57H35N5S/c1-4-14-36(15-5-1)38-24-26-41(27-25-38)56-58-55(40-18-8-3-9-19-40)59-57(60-56)62-50-23-13-11-21-44(50)46-33-35-48-47-34-32-45-43-20-10-12-22-49(43)61(51(45)53(47)63-54(48)52(46)62)42-30-28-39(29-31-42)37-16-6-2-7-17-37/h1-35H. The van der Waals surface area contributed by atoms with Gasteiger partial charge in [0, 0.05) is 49.1 Å². The molecule has 4 heterocycles. The normalized spacial score (nSPS) is 11.8. The smallest absolute Gasteiger partial charge is 0.238 e. The topological polar surface area (TPSA) is 48.5 Å². The lowest BCUT2D eigenvalue weighted by atomic mass is 10.0. The van der Waals surface area contributed by atoms with Gasteiger partial charge in [-0.05, 0) is 46.5 Å². The third-order valence-corrected chi connectivity index (χ3v) is 13.6. The van der Waals surface area contributed by atoms with Crippen LogP contribution in [0.2, 0.25) is 0 Å². The second-order valence-electron chi connectivity index (χ2n) is 16.0. The van der Waals surface area contributed by atoms with Crippen molar-refractivity contribution in [1.29, 1.82) is 0 Å². The summed E-state index contributed by atoms with van der Waals surface area (Å²) in [4.78, 5) is 15.8. The Kier molecular flexibility index (Phi) is 8.01. The first-order chi connectivity index (χ1) is 31.2. The monoisotopic (exact) mass is 821 g/mol. The van der Waals surface area contributed by atoms with Gasteiger partial charge >= 0.3 is 0 Å². The number of aromatic nitrogens is 5. The van der Waals surface area contributed by atoms with E-state index >= 15 is 0 Å². The van der Waals surface area contributed by atoms with Gasteiger partial charge in [-0.25, -0.2) is 4.98 Å². The summed E-state index contributed by atoms with van der Waals surface area (Å²) in [5, 5.41) is 7.22. The molecule has 0 unspecified atom stereocenters. The molecule has 0 bridgehead atoms. The van der Waals surface area contributed by atoms with Crippen LogP contribution in [0, 0.1) is 0 Å². The molecular weight excluding hydrogens is 787 g/mol. The van der Waals surface area contributed by atoms with Crippen molar-refractivity contribution in [3.63, 3.8) is 0 Å². The summed E-state index contributed by atoms with van der Waals surface area (Å²) in [5.74, 6) is 1.83. The van der Waals surface area contributed by atoms with Crippen molar-refractivity contribution >= 4 is 75.1 Å². The number of thiophene rings is 1. The second kappa shape index (κ2) is 14.2. The fourth-order valence-electron chi connectivity index (χ4n) is 9.45. The van der Waals surface area contributed by atoms with Gasteiger partial charge < -0.3 is 4.57 Å². The van der Waals surface area contributed by atoms with Crippen LogP contribution in [0.25, 0.3) is 120 Å². The number of hydrogen-bond acceptors (Lipinski definition) is 4. The Morgan fingerprint density at radius 2 is 0.667 bits per heavy atom. The molecule has 0 radical (unpaired) electrons. The maximum atomic E-state index is 5.34. The van der Waals surface area contributed by atoms with Crippen molar-refractivity contribution in [2.75, 3.05) is 0 Å². The van der Waals surface area contributed by atoms with Crippen LogP contribution in [0.3, 0.4) is 0 Å². The molecule has 13 rings (SSSR count). The van der Waals surface area contributed by atoms with Crippen LogP contribution < -0.4 is 0 Å². The molecule has 0 aliphatic heterocycles. The van der Waals surface area contributed by atoms with E-state index in [1.807, 2.05) is 35.6 Å². The average molecular weight is 822 g/mol. The predicted octanol–water partition coefficient (Wildman–Crippen LogP) is 15.1. The van der Waals surface area contributed by atoms with Crippen LogP contribution in [-0.4, -0.2) is 24.1 Å². The van der Waals surface area contributed by atoms with Gasteiger partial charge in [-0.15, -0.1) is 11.3 Å². The molecule has 4 aromatic heterocycles. The molecule has 0 amide bonds. The van der Waals surface area contributed by atoms with Gasteiger partial charge in [-0.2, -0.15) is 9.97 Å². The molecule has 0 saturated heterocycles. The molecule has 0 spiro atoms. The van der Waals surface area contributed by atoms with Gasteiger partial charge in [0.2, 0.25) is 5.95 Å². The third-order valence-electron chi connectivity index (χ3n) is 12.4. The van der Waals surface area contributed by atoms with Crippen LogP contribution in [0.1, 0.15) is 0 Å². The number of hydrogen-bond donors (Lipinski definition) is 0. The van der Waals surface area contributed by atoms with E-state index in [2.05, 4.69) is 197 Å². The highest BCUT2D eigenvalue weighted by molar-refractivity contribution is 7.27. The van der Waals surface area contributed by atoms with E-state index in [0.717, 1.165) is 44.2 Å². The quantitative estimate of drug-likeness (QED) is 0.168. The van der Waals surface area contributed by atoms with Crippen LogP contribution in [0.5, 0.6) is 0 Å². The molecule has 9 aromatic carbocycles. The Labute approximate surface area is 366 Å². The van der Waals surface area contributed by atoms with Crippen LogP contribution >= 0.6 is 11.3 Å². The molecule has 294 valence electrons. The molecule has 0 atom stereocenters. The molecule has 0 N–H and O–H groups in total. The lowest BCUT2D eigenvalue weighted by Gasteiger charge is -2.11. The SMILES string of the molecule is c1ccc(-c2ccc(-c3nc(-c4ccccc4)nc(-n4c5ccccc5c5ccc6c7ccc8c9ccccc9n(-c9ccc(-c%10ccccc%10)cc9)c8c7sc6c54)n3)cc2)cc1. The lowest BCUT2D eigenvalue weighted by molar-refractivity contribution is 0.955. The van der Waals surface area contributed by atoms with Crippen LogP contribution in [0.4, 0.5) is 0 Å². The minimum atomic E-state index is 0.583. The first kappa shape index (κ1) is 35.6. The van der Waals surface area contributed by atoms with Crippen molar-refractivity contribution in [3.05, 3.63) is 212 Å². The molecule has 0 aliphatic rings. The highest BCUT2D eigenvalue weighted by Gasteiger charge is 2.23. The van der Waals surface area contributed by atoms with Crippen molar-refractivity contribution in [3.8, 4) is 56.7 Å². The minimum Gasteiger partial charge on any atom is -0.308 e. The Bertz CT molecular complexity index is 3870. The van der Waals surface area contributed by atoms with Gasteiger partial charge in [0.15, 0.2) is 11.6 Å². The number of benzene rings is 9. The van der Waals surface area contributed by atoms with Crippen molar-refractivity contribution in [2.24, 2.45) is 0 Å². The summed E-state index contributed by atoms with van der Waals surface area (Å²) < 4.78 is 7.16. The zero-order chi connectivity index (χ0) is 41.4. The molecule has 0 aliphatic carbocycles. The van der Waals surface area contributed by atoms with E-state index < -0.39 is 0 Å². The Balaban J connectivity index is 1.07. The number of rotatable bonds is 6. The number of nitrogens with zero attached hydrogens (tertiary/aromatic N) is 5. The van der Waals surface area contributed by atoms with Crippen molar-refractivity contribution < 1.29 is 0 Å². The van der Waals surface area contributed by atoms with Crippen molar-refractivity contribution in [1.82, 2.24) is 24.1 Å². The lowest BCUT2D eigenvalue weighted by Crippen LogP contribution is -2.06. The highest BCUT2D eigenvalue weighted by Crippen LogP contribution is 2.47. The number of para-hydroxylation sites is 2. The first-order valence-corrected chi connectivity index (χ1v) is 22.0. The molecule has 6 heteroatoms. The summed E-state index contributed by atoms with van der Waals surface area (Å²) in [5.41, 5.74) is 12.2. The zero-order valence-corrected chi connectivity index (χ0v) is 34.7. The van der Waals surface area contributed by atoms with Gasteiger partial charge in [0.25, 0.3) is 0 Å². The highest BCUT2D eigenvalue weighted by atomic mass is 32.1. The van der Waals surface area contributed by atoms with E-state index in [1.165, 1.54) is 58.7 Å². The summed E-state index contributed by atoms with van der Waals surface area (Å²) in [6.07, 6.45) is 0. The Morgan fingerprint density at radius 1 is 0.286 bits per heavy atom. The summed E-state index contributed by atoms with van der Waals surface area (Å²) in [6.45, 7) is 0. The van der Waals surface area contributed by atoms with E-state index in [4.69, 9.17) is 15.0 Å². The average Bonchev–Trinajstić information content (AvgIpc) is 4.03. The summed E-state index contributed by atoms with van der Waals surface area (Å²) >= 11 is 1.86. The zero-order valence-electron chi connectivity index (χ0n) is 33.9. The molecular formula is C57H35N5S. The minimum absolute atomic E-state index is 0.583. The van der Waals surface area contributed by atoms with Gasteiger partial charge in [-0.3, -0.25) is 4.57 Å². The molecule has 63 heavy (non-hydrogen) atoms. The van der Waals surface area contributed by atoms with E-state index in [9.17, 15) is 0 Å². The maximum absolute atomic E-state index is 5.34. The second-order valence-corrected chi connectivity index (χ2v) is 17.0. The molecule has 13 aromatic rings. The van der Waals surface area contributed by atoms with Gasteiger partial charge in [0.1, 0.15) is 0 Å². The Hall–Kier alpha value is -8.19. The van der Waals surface area contributed by atoms with Crippen LogP contribution in [0.15, 0.2) is 212 Å². The summed E-state index contributed by atoms with van der Waals surface area (Å²) in [7, 11) is 0. The fraction of sp³-hybridized carbons (Fsp3) is 0. The fourth-order valence-corrected chi connectivity index (χ4v) is 10.8. The van der Waals surface area contributed by atoms with Gasteiger partial charge in [-0.1, -0.05) is 188 Å².